The molecule has 1 aromatic rings. The van der Waals surface area contributed by atoms with Gasteiger partial charge in [-0.2, -0.15) is 0 Å². The first-order valence-corrected chi connectivity index (χ1v) is 7.53. The van der Waals surface area contributed by atoms with Crippen molar-refractivity contribution in [3.8, 4) is 0 Å². The zero-order valence-corrected chi connectivity index (χ0v) is 11.6. The van der Waals surface area contributed by atoms with Crippen molar-refractivity contribution < 1.29 is 9.90 Å². The Morgan fingerprint density at radius 3 is 3.00 bits per heavy atom. The summed E-state index contributed by atoms with van der Waals surface area (Å²) in [5.41, 5.74) is 2.17. The molecule has 1 aliphatic heterocycles. The number of aliphatic hydroxyl groups is 1. The average molecular weight is 274 g/mol. The summed E-state index contributed by atoms with van der Waals surface area (Å²) in [6.45, 7) is 1.01. The Labute approximate surface area is 119 Å². The summed E-state index contributed by atoms with van der Waals surface area (Å²) in [6.07, 6.45) is 3.94. The number of fused-ring (bicyclic) bond motifs is 1. The lowest BCUT2D eigenvalue weighted by Gasteiger charge is -2.28. The maximum atomic E-state index is 12.6. The van der Waals surface area contributed by atoms with Gasteiger partial charge in [0.2, 0.25) is 5.91 Å². The lowest BCUT2D eigenvalue weighted by molar-refractivity contribution is -0.123. The molecule has 0 aromatic heterocycles. The van der Waals surface area contributed by atoms with E-state index in [9.17, 15) is 9.90 Å². The molecule has 0 spiro atoms. The molecule has 4 nitrogen and oxygen atoms in total. The van der Waals surface area contributed by atoms with Crippen molar-refractivity contribution in [3.05, 3.63) is 29.8 Å². The van der Waals surface area contributed by atoms with Crippen LogP contribution in [0.2, 0.25) is 0 Å². The molecule has 3 atom stereocenters. The minimum absolute atomic E-state index is 0.0626. The van der Waals surface area contributed by atoms with Crippen molar-refractivity contribution in [2.75, 3.05) is 18.5 Å². The zero-order chi connectivity index (χ0) is 13.9. The second kappa shape index (κ2) is 5.83. The van der Waals surface area contributed by atoms with Gasteiger partial charge in [0.25, 0.3) is 0 Å². The van der Waals surface area contributed by atoms with Gasteiger partial charge >= 0.3 is 0 Å². The molecular formula is C16H22N2O2. The normalized spacial score (nSPS) is 28.6. The van der Waals surface area contributed by atoms with Crippen LogP contribution in [0.15, 0.2) is 24.3 Å². The molecule has 1 amide bonds. The molecule has 20 heavy (non-hydrogen) atoms. The van der Waals surface area contributed by atoms with Crippen molar-refractivity contribution in [2.45, 2.75) is 37.6 Å². The summed E-state index contributed by atoms with van der Waals surface area (Å²) in [7, 11) is 0. The quantitative estimate of drug-likeness (QED) is 0.788. The molecule has 1 aromatic carbocycles. The summed E-state index contributed by atoms with van der Waals surface area (Å²) in [4.78, 5) is 12.6. The molecule has 4 heteroatoms. The summed E-state index contributed by atoms with van der Waals surface area (Å²) in [5.74, 6) is 0.285. The SMILES string of the molecule is O=C(NC1CCCC1CO)C1CCNc2ccccc21. The van der Waals surface area contributed by atoms with Crippen molar-refractivity contribution >= 4 is 11.6 Å². The molecule has 3 unspecified atom stereocenters. The van der Waals surface area contributed by atoms with E-state index < -0.39 is 0 Å². The second-order valence-electron chi connectivity index (χ2n) is 5.84. The first-order valence-electron chi connectivity index (χ1n) is 7.53. The van der Waals surface area contributed by atoms with Crippen LogP contribution in [0.1, 0.15) is 37.2 Å². The van der Waals surface area contributed by atoms with Gasteiger partial charge in [-0.15, -0.1) is 0 Å². The lowest BCUT2D eigenvalue weighted by Crippen LogP contribution is -2.42. The number of carbonyl (C=O) groups excluding carboxylic acids is 1. The number of amides is 1. The van der Waals surface area contributed by atoms with E-state index in [4.69, 9.17) is 0 Å². The lowest BCUT2D eigenvalue weighted by atomic mass is 9.89. The van der Waals surface area contributed by atoms with E-state index in [0.29, 0.717) is 0 Å². The predicted octanol–water partition coefficient (Wildman–Crippen LogP) is 1.86. The molecule has 3 N–H and O–H groups in total. The van der Waals surface area contributed by atoms with Crippen molar-refractivity contribution in [1.82, 2.24) is 5.32 Å². The Kier molecular flexibility index (Phi) is 3.92. The van der Waals surface area contributed by atoms with Crippen molar-refractivity contribution in [3.63, 3.8) is 0 Å². The van der Waals surface area contributed by atoms with E-state index in [1.54, 1.807) is 0 Å². The molecule has 3 rings (SSSR count). The minimum Gasteiger partial charge on any atom is -0.396 e. The number of rotatable bonds is 3. The fraction of sp³-hybridized carbons (Fsp3) is 0.562. The van der Waals surface area contributed by atoms with Gasteiger partial charge in [0.1, 0.15) is 0 Å². The molecule has 1 fully saturated rings. The highest BCUT2D eigenvalue weighted by Gasteiger charge is 2.32. The van der Waals surface area contributed by atoms with Crippen LogP contribution in [0.25, 0.3) is 0 Å². The van der Waals surface area contributed by atoms with Gasteiger partial charge in [-0.1, -0.05) is 24.6 Å². The number of carbonyl (C=O) groups is 1. The number of hydrogen-bond donors (Lipinski definition) is 3. The third-order valence-electron chi connectivity index (χ3n) is 4.62. The Morgan fingerprint density at radius 1 is 1.30 bits per heavy atom. The maximum absolute atomic E-state index is 12.6. The smallest absolute Gasteiger partial charge is 0.227 e. The zero-order valence-electron chi connectivity index (χ0n) is 11.6. The molecule has 1 saturated carbocycles. The molecule has 108 valence electrons. The topological polar surface area (TPSA) is 61.4 Å². The van der Waals surface area contributed by atoms with E-state index in [1.807, 2.05) is 24.3 Å². The monoisotopic (exact) mass is 274 g/mol. The average Bonchev–Trinajstić information content (AvgIpc) is 2.93. The fourth-order valence-electron chi connectivity index (χ4n) is 3.47. The van der Waals surface area contributed by atoms with Crippen molar-refractivity contribution in [2.24, 2.45) is 5.92 Å². The highest BCUT2D eigenvalue weighted by atomic mass is 16.3. The van der Waals surface area contributed by atoms with Gasteiger partial charge in [-0.3, -0.25) is 4.79 Å². The van der Waals surface area contributed by atoms with Crippen LogP contribution in [0.5, 0.6) is 0 Å². The molecule has 2 aliphatic rings. The third-order valence-corrected chi connectivity index (χ3v) is 4.62. The molecular weight excluding hydrogens is 252 g/mol. The van der Waals surface area contributed by atoms with Gasteiger partial charge in [-0.05, 0) is 30.9 Å². The van der Waals surface area contributed by atoms with Gasteiger partial charge in [0, 0.05) is 30.8 Å². The molecule has 0 radical (unpaired) electrons. The fourth-order valence-corrected chi connectivity index (χ4v) is 3.47. The van der Waals surface area contributed by atoms with E-state index in [2.05, 4.69) is 10.6 Å². The van der Waals surface area contributed by atoms with Gasteiger partial charge < -0.3 is 15.7 Å². The standard InChI is InChI=1S/C16H22N2O2/c19-10-11-4-3-7-14(11)18-16(20)13-8-9-17-15-6-2-1-5-12(13)15/h1-2,5-6,11,13-14,17,19H,3-4,7-10H2,(H,18,20). The first kappa shape index (κ1) is 13.4. The minimum atomic E-state index is -0.0626. The summed E-state index contributed by atoms with van der Waals surface area (Å²) in [5, 5.41) is 15.9. The van der Waals surface area contributed by atoms with Crippen LogP contribution in [0.4, 0.5) is 5.69 Å². The molecule has 0 bridgehead atoms. The van der Waals surface area contributed by atoms with E-state index in [1.165, 1.54) is 0 Å². The van der Waals surface area contributed by atoms with Crippen LogP contribution in [-0.2, 0) is 4.79 Å². The molecule has 0 saturated heterocycles. The summed E-state index contributed by atoms with van der Waals surface area (Å²) < 4.78 is 0. The Hall–Kier alpha value is -1.55. The Balaban J connectivity index is 1.72. The first-order chi connectivity index (χ1) is 9.79. The predicted molar refractivity (Wildman–Crippen MR) is 78.6 cm³/mol. The number of anilines is 1. The highest BCUT2D eigenvalue weighted by Crippen LogP contribution is 2.32. The summed E-state index contributed by atoms with van der Waals surface area (Å²) in [6, 6.07) is 8.18. The Morgan fingerprint density at radius 2 is 2.15 bits per heavy atom. The van der Waals surface area contributed by atoms with Crippen LogP contribution in [-0.4, -0.2) is 30.2 Å². The van der Waals surface area contributed by atoms with Crippen LogP contribution in [0, 0.1) is 5.92 Å². The van der Waals surface area contributed by atoms with Gasteiger partial charge in [-0.25, -0.2) is 0 Å². The van der Waals surface area contributed by atoms with Crippen molar-refractivity contribution in [1.29, 1.82) is 0 Å². The van der Waals surface area contributed by atoms with Crippen LogP contribution < -0.4 is 10.6 Å². The molecule has 1 aliphatic carbocycles. The van der Waals surface area contributed by atoms with Gasteiger partial charge in [0.05, 0.1) is 5.92 Å². The summed E-state index contributed by atoms with van der Waals surface area (Å²) >= 11 is 0. The largest absolute Gasteiger partial charge is 0.396 e. The van der Waals surface area contributed by atoms with Crippen LogP contribution in [0.3, 0.4) is 0 Å². The maximum Gasteiger partial charge on any atom is 0.227 e. The number of hydrogen-bond acceptors (Lipinski definition) is 3. The Bertz CT molecular complexity index is 489. The number of aliphatic hydroxyl groups excluding tert-OH is 1. The highest BCUT2D eigenvalue weighted by molar-refractivity contribution is 5.86. The van der Waals surface area contributed by atoms with E-state index in [0.717, 1.165) is 43.5 Å². The third kappa shape index (κ3) is 2.52. The van der Waals surface area contributed by atoms with Gasteiger partial charge in [0.15, 0.2) is 0 Å². The van der Waals surface area contributed by atoms with E-state index >= 15 is 0 Å². The number of benzene rings is 1. The van der Waals surface area contributed by atoms with Crippen LogP contribution >= 0.6 is 0 Å². The number of nitrogens with one attached hydrogen (secondary N) is 2. The molecule has 1 heterocycles. The second-order valence-corrected chi connectivity index (χ2v) is 5.84. The van der Waals surface area contributed by atoms with E-state index in [-0.39, 0.29) is 30.4 Å². The number of para-hydroxylation sites is 1.